The average Bonchev–Trinajstić information content (AvgIpc) is 2.85. The van der Waals surface area contributed by atoms with Crippen LogP contribution in [-0.2, 0) is 6.42 Å². The van der Waals surface area contributed by atoms with E-state index in [-0.39, 0.29) is 10.9 Å². The van der Waals surface area contributed by atoms with Gasteiger partial charge in [0.1, 0.15) is 11.6 Å². The van der Waals surface area contributed by atoms with Crippen LogP contribution in [0.5, 0.6) is 0 Å². The molecule has 0 heterocycles. The van der Waals surface area contributed by atoms with Gasteiger partial charge < -0.3 is 0 Å². The van der Waals surface area contributed by atoms with Crippen molar-refractivity contribution in [3.63, 3.8) is 0 Å². The van der Waals surface area contributed by atoms with Gasteiger partial charge in [-0.1, -0.05) is 55.6 Å². The molecule has 0 aliphatic rings. The maximum Gasteiger partial charge on any atom is 0.166 e. The predicted molar refractivity (Wildman–Crippen MR) is 132 cm³/mol. The Morgan fingerprint density at radius 1 is 0.600 bits per heavy atom. The summed E-state index contributed by atoms with van der Waals surface area (Å²) in [5, 5.41) is 0.771. The van der Waals surface area contributed by atoms with Crippen molar-refractivity contribution in [2.45, 2.75) is 32.6 Å². The number of fused-ring (bicyclic) bond motifs is 1. The monoisotopic (exact) mass is 470 g/mol. The molecule has 4 aromatic carbocycles. The molecule has 0 atom stereocenters. The smallest absolute Gasteiger partial charge is 0.166 e. The van der Waals surface area contributed by atoms with E-state index < -0.39 is 23.3 Å². The Balaban J connectivity index is 1.48. The highest BCUT2D eigenvalue weighted by molar-refractivity contribution is 5.84. The van der Waals surface area contributed by atoms with E-state index in [1.54, 1.807) is 36.4 Å². The molecule has 0 N–H and O–H groups in total. The largest absolute Gasteiger partial charge is 0.206 e. The second-order valence-corrected chi connectivity index (χ2v) is 8.27. The van der Waals surface area contributed by atoms with Gasteiger partial charge in [0, 0.05) is 22.1 Å². The number of aryl methyl sites for hydroxylation is 1. The zero-order valence-corrected chi connectivity index (χ0v) is 19.2. The fraction of sp³-hybridized carbons (Fsp3) is 0.161. The first-order valence-electron chi connectivity index (χ1n) is 11.4. The number of hydrogen-bond acceptors (Lipinski definition) is 0. The summed E-state index contributed by atoms with van der Waals surface area (Å²) < 4.78 is 56.0. The molecular weight excluding hydrogens is 448 g/mol. The summed E-state index contributed by atoms with van der Waals surface area (Å²) in [5.41, 5.74) is 2.39. The van der Waals surface area contributed by atoms with Gasteiger partial charge in [0.2, 0.25) is 0 Å². The predicted octanol–water partition coefficient (Wildman–Crippen LogP) is 7.93. The summed E-state index contributed by atoms with van der Waals surface area (Å²) in [7, 11) is 0. The lowest BCUT2D eigenvalue weighted by Crippen LogP contribution is -1.95. The first-order valence-corrected chi connectivity index (χ1v) is 11.4. The highest BCUT2D eigenvalue weighted by Crippen LogP contribution is 2.21. The van der Waals surface area contributed by atoms with Crippen LogP contribution >= 0.6 is 0 Å². The fourth-order valence-corrected chi connectivity index (χ4v) is 3.73. The van der Waals surface area contributed by atoms with Crippen LogP contribution in [0.1, 0.15) is 54.0 Å². The Morgan fingerprint density at radius 3 is 1.86 bits per heavy atom. The highest BCUT2D eigenvalue weighted by atomic mass is 19.2. The van der Waals surface area contributed by atoms with Crippen molar-refractivity contribution in [3.05, 3.63) is 118 Å². The normalized spacial score (nSPS) is 10.4. The van der Waals surface area contributed by atoms with E-state index in [0.29, 0.717) is 28.5 Å². The van der Waals surface area contributed by atoms with E-state index in [2.05, 4.69) is 30.6 Å². The SMILES string of the molecule is CCCCCc1cc(F)c(C#Cc2ccc(C#Cc3ccc4c(F)c(F)ccc4c3)cc2)c(F)c1. The molecule has 0 saturated carbocycles. The van der Waals surface area contributed by atoms with Gasteiger partial charge in [-0.25, -0.2) is 17.6 Å². The van der Waals surface area contributed by atoms with E-state index in [0.717, 1.165) is 30.9 Å². The molecule has 174 valence electrons. The van der Waals surface area contributed by atoms with Crippen molar-refractivity contribution < 1.29 is 17.6 Å². The highest BCUT2D eigenvalue weighted by Gasteiger charge is 2.09. The molecule has 0 unspecified atom stereocenters. The molecule has 0 bridgehead atoms. The summed E-state index contributed by atoms with van der Waals surface area (Å²) in [5.74, 6) is 8.36. The molecular formula is C31H22F4. The van der Waals surface area contributed by atoms with E-state index in [1.807, 2.05) is 0 Å². The van der Waals surface area contributed by atoms with E-state index in [4.69, 9.17) is 0 Å². The number of halogens is 4. The average molecular weight is 471 g/mol. The lowest BCUT2D eigenvalue weighted by molar-refractivity contribution is 0.517. The van der Waals surface area contributed by atoms with Gasteiger partial charge in [0.25, 0.3) is 0 Å². The third kappa shape index (κ3) is 5.92. The molecule has 0 saturated heterocycles. The molecule has 0 nitrogen and oxygen atoms in total. The summed E-state index contributed by atoms with van der Waals surface area (Å²) in [6.45, 7) is 2.08. The minimum absolute atomic E-state index is 0.206. The summed E-state index contributed by atoms with van der Waals surface area (Å²) >= 11 is 0. The molecule has 0 radical (unpaired) electrons. The topological polar surface area (TPSA) is 0 Å². The van der Waals surface area contributed by atoms with Crippen molar-refractivity contribution in [1.82, 2.24) is 0 Å². The maximum absolute atomic E-state index is 14.4. The van der Waals surface area contributed by atoms with Crippen LogP contribution in [0.2, 0.25) is 0 Å². The second-order valence-electron chi connectivity index (χ2n) is 8.27. The summed E-state index contributed by atoms with van der Waals surface area (Å²) in [6, 6.07) is 17.1. The summed E-state index contributed by atoms with van der Waals surface area (Å²) in [4.78, 5) is 0. The van der Waals surface area contributed by atoms with Crippen LogP contribution < -0.4 is 0 Å². The van der Waals surface area contributed by atoms with Gasteiger partial charge >= 0.3 is 0 Å². The third-order valence-corrected chi connectivity index (χ3v) is 5.65. The number of hydrogen-bond donors (Lipinski definition) is 0. The number of rotatable bonds is 4. The second kappa shape index (κ2) is 10.9. The Morgan fingerprint density at radius 2 is 1.20 bits per heavy atom. The Hall–Kier alpha value is -4.02. The molecule has 0 amide bonds. The van der Waals surface area contributed by atoms with Crippen LogP contribution in [0.3, 0.4) is 0 Å². The molecule has 0 spiro atoms. The quantitative estimate of drug-likeness (QED) is 0.161. The number of unbranched alkanes of at least 4 members (excludes halogenated alkanes) is 2. The molecule has 4 heteroatoms. The van der Waals surface area contributed by atoms with Crippen LogP contribution in [0, 0.1) is 47.0 Å². The maximum atomic E-state index is 14.4. The fourth-order valence-electron chi connectivity index (χ4n) is 3.73. The van der Waals surface area contributed by atoms with E-state index >= 15 is 0 Å². The van der Waals surface area contributed by atoms with Gasteiger partial charge in [-0.05, 0) is 78.4 Å². The molecule has 4 rings (SSSR count). The minimum Gasteiger partial charge on any atom is -0.206 e. The van der Waals surface area contributed by atoms with Crippen molar-refractivity contribution in [2.75, 3.05) is 0 Å². The third-order valence-electron chi connectivity index (χ3n) is 5.65. The van der Waals surface area contributed by atoms with Crippen molar-refractivity contribution >= 4 is 10.8 Å². The zero-order chi connectivity index (χ0) is 24.8. The standard InChI is InChI=1S/C31H22F4/c1-2-3-4-5-24-19-29(33)27(30(34)20-24)16-12-22-8-6-21(7-9-22)10-11-23-13-15-26-25(18-23)14-17-28(32)31(26)35/h6-9,13-15,17-20H,2-5H2,1H3. The zero-order valence-electron chi connectivity index (χ0n) is 19.2. The molecule has 35 heavy (non-hydrogen) atoms. The Kier molecular flexibility index (Phi) is 7.54. The molecule has 4 aromatic rings. The van der Waals surface area contributed by atoms with E-state index in [1.165, 1.54) is 24.3 Å². The first-order chi connectivity index (χ1) is 16.9. The van der Waals surface area contributed by atoms with Crippen molar-refractivity contribution in [1.29, 1.82) is 0 Å². The van der Waals surface area contributed by atoms with Crippen LogP contribution in [0.25, 0.3) is 10.8 Å². The van der Waals surface area contributed by atoms with Crippen LogP contribution in [-0.4, -0.2) is 0 Å². The Labute approximate surface area is 202 Å². The van der Waals surface area contributed by atoms with Gasteiger partial charge in [-0.2, -0.15) is 0 Å². The lowest BCUT2D eigenvalue weighted by atomic mass is 10.0. The van der Waals surface area contributed by atoms with Gasteiger partial charge in [0.15, 0.2) is 11.6 Å². The van der Waals surface area contributed by atoms with Gasteiger partial charge in [0.05, 0.1) is 5.56 Å². The molecule has 0 aliphatic carbocycles. The molecule has 0 aromatic heterocycles. The van der Waals surface area contributed by atoms with Gasteiger partial charge in [-0.15, -0.1) is 0 Å². The first kappa shape index (κ1) is 24.1. The van der Waals surface area contributed by atoms with Crippen LogP contribution in [0.4, 0.5) is 17.6 Å². The Bertz CT molecular complexity index is 1470. The summed E-state index contributed by atoms with van der Waals surface area (Å²) in [6.07, 6.45) is 3.61. The van der Waals surface area contributed by atoms with Crippen LogP contribution in [0.15, 0.2) is 66.7 Å². The minimum atomic E-state index is -0.885. The van der Waals surface area contributed by atoms with Crippen molar-refractivity contribution in [3.8, 4) is 23.7 Å². The molecule has 0 fully saturated rings. The van der Waals surface area contributed by atoms with Gasteiger partial charge in [-0.3, -0.25) is 0 Å². The van der Waals surface area contributed by atoms with Crippen molar-refractivity contribution in [2.24, 2.45) is 0 Å². The number of benzene rings is 4. The van der Waals surface area contributed by atoms with E-state index in [9.17, 15) is 17.6 Å². The molecule has 0 aliphatic heterocycles. The lowest BCUT2D eigenvalue weighted by Gasteiger charge is -2.04.